The summed E-state index contributed by atoms with van der Waals surface area (Å²) < 4.78 is 5.58. The molecule has 0 aliphatic carbocycles. The molecular weight excluding hydrogens is 256 g/mol. The van der Waals surface area contributed by atoms with E-state index in [4.69, 9.17) is 16.2 Å². The standard InChI is InChI=1S/C15H16N2O3/c1-9-7-10(15(17)19)5-6-11(9)8-20-13-4-2-3-12(18)14(13)16/h2-7,18H,8,16H2,1H3,(H2,17,19). The average Bonchev–Trinajstić information content (AvgIpc) is 2.41. The summed E-state index contributed by atoms with van der Waals surface area (Å²) in [5.41, 5.74) is 13.4. The average molecular weight is 272 g/mol. The number of amides is 1. The minimum absolute atomic E-state index is 0.0108. The van der Waals surface area contributed by atoms with Crippen molar-refractivity contribution in [3.8, 4) is 11.5 Å². The molecule has 0 aromatic heterocycles. The number of carbonyl (C=O) groups is 1. The Hall–Kier alpha value is -2.69. The van der Waals surface area contributed by atoms with E-state index < -0.39 is 5.91 Å². The highest BCUT2D eigenvalue weighted by atomic mass is 16.5. The number of aryl methyl sites for hydroxylation is 1. The summed E-state index contributed by atoms with van der Waals surface area (Å²) in [4.78, 5) is 11.1. The van der Waals surface area contributed by atoms with Gasteiger partial charge in [0.15, 0.2) is 0 Å². The zero-order valence-electron chi connectivity index (χ0n) is 11.1. The third-order valence-corrected chi connectivity index (χ3v) is 3.05. The molecule has 0 spiro atoms. The molecule has 0 aliphatic rings. The lowest BCUT2D eigenvalue weighted by Crippen LogP contribution is -2.11. The maximum Gasteiger partial charge on any atom is 0.248 e. The number of rotatable bonds is 4. The molecule has 2 aromatic rings. The molecule has 5 heteroatoms. The predicted octanol–water partition coefficient (Wildman–Crippen LogP) is 1.96. The van der Waals surface area contributed by atoms with Gasteiger partial charge in [-0.15, -0.1) is 0 Å². The van der Waals surface area contributed by atoms with Crippen LogP contribution in [0.25, 0.3) is 0 Å². The summed E-state index contributed by atoms with van der Waals surface area (Å²) in [5.74, 6) is -0.0514. The number of aromatic hydroxyl groups is 1. The van der Waals surface area contributed by atoms with Gasteiger partial charge in [0.2, 0.25) is 5.91 Å². The third kappa shape index (κ3) is 2.83. The zero-order chi connectivity index (χ0) is 14.7. The fourth-order valence-corrected chi connectivity index (χ4v) is 1.82. The monoisotopic (exact) mass is 272 g/mol. The molecule has 5 N–H and O–H groups in total. The minimum Gasteiger partial charge on any atom is -0.506 e. The zero-order valence-corrected chi connectivity index (χ0v) is 11.1. The molecule has 0 aliphatic heterocycles. The number of phenols is 1. The van der Waals surface area contributed by atoms with Crippen molar-refractivity contribution in [3.63, 3.8) is 0 Å². The van der Waals surface area contributed by atoms with E-state index in [-0.39, 0.29) is 11.4 Å². The summed E-state index contributed by atoms with van der Waals surface area (Å²) in [6.07, 6.45) is 0. The predicted molar refractivity (Wildman–Crippen MR) is 76.5 cm³/mol. The quantitative estimate of drug-likeness (QED) is 0.585. The Balaban J connectivity index is 2.15. The first-order chi connectivity index (χ1) is 9.49. The number of hydrogen-bond donors (Lipinski definition) is 3. The van der Waals surface area contributed by atoms with Gasteiger partial charge in [-0.25, -0.2) is 0 Å². The molecule has 0 unspecified atom stereocenters. The molecule has 5 nitrogen and oxygen atoms in total. The van der Waals surface area contributed by atoms with Crippen LogP contribution >= 0.6 is 0 Å². The van der Waals surface area contributed by atoms with Gasteiger partial charge in [0, 0.05) is 5.56 Å². The van der Waals surface area contributed by atoms with E-state index in [0.717, 1.165) is 11.1 Å². The largest absolute Gasteiger partial charge is 0.506 e. The molecule has 0 radical (unpaired) electrons. The fourth-order valence-electron chi connectivity index (χ4n) is 1.82. The molecule has 20 heavy (non-hydrogen) atoms. The summed E-state index contributed by atoms with van der Waals surface area (Å²) in [6.45, 7) is 2.16. The lowest BCUT2D eigenvalue weighted by molar-refractivity contribution is 0.1000. The van der Waals surface area contributed by atoms with Crippen LogP contribution in [0.3, 0.4) is 0 Å². The van der Waals surface area contributed by atoms with E-state index >= 15 is 0 Å². The van der Waals surface area contributed by atoms with Gasteiger partial charge in [-0.05, 0) is 42.3 Å². The van der Waals surface area contributed by atoms with Crippen molar-refractivity contribution in [2.75, 3.05) is 5.73 Å². The van der Waals surface area contributed by atoms with Gasteiger partial charge in [0.05, 0.1) is 0 Å². The SMILES string of the molecule is Cc1cc(C(N)=O)ccc1COc1cccc(O)c1N. The summed E-state index contributed by atoms with van der Waals surface area (Å²) >= 11 is 0. The number of ether oxygens (including phenoxy) is 1. The van der Waals surface area contributed by atoms with Gasteiger partial charge in [-0.3, -0.25) is 4.79 Å². The van der Waals surface area contributed by atoms with Crippen LogP contribution in [-0.4, -0.2) is 11.0 Å². The van der Waals surface area contributed by atoms with E-state index in [1.165, 1.54) is 6.07 Å². The highest BCUT2D eigenvalue weighted by Crippen LogP contribution is 2.30. The van der Waals surface area contributed by atoms with Crippen LogP contribution in [0.2, 0.25) is 0 Å². The molecule has 2 rings (SSSR count). The van der Waals surface area contributed by atoms with E-state index in [0.29, 0.717) is 17.9 Å². The topological polar surface area (TPSA) is 98.6 Å². The molecular formula is C15H16N2O3. The summed E-state index contributed by atoms with van der Waals surface area (Å²) in [6, 6.07) is 9.99. The number of phenolic OH excluding ortho intramolecular Hbond substituents is 1. The van der Waals surface area contributed by atoms with Crippen molar-refractivity contribution in [2.24, 2.45) is 5.73 Å². The normalized spacial score (nSPS) is 10.2. The second kappa shape index (κ2) is 5.52. The van der Waals surface area contributed by atoms with Gasteiger partial charge in [-0.2, -0.15) is 0 Å². The molecule has 0 saturated carbocycles. The maximum absolute atomic E-state index is 11.1. The second-order valence-corrected chi connectivity index (χ2v) is 4.48. The third-order valence-electron chi connectivity index (χ3n) is 3.05. The first kappa shape index (κ1) is 13.7. The van der Waals surface area contributed by atoms with Gasteiger partial charge < -0.3 is 21.3 Å². The van der Waals surface area contributed by atoms with Crippen LogP contribution in [0.1, 0.15) is 21.5 Å². The highest BCUT2D eigenvalue weighted by Gasteiger charge is 2.07. The van der Waals surface area contributed by atoms with Crippen molar-refractivity contribution < 1.29 is 14.6 Å². The van der Waals surface area contributed by atoms with Gasteiger partial charge in [0.25, 0.3) is 0 Å². The summed E-state index contributed by atoms with van der Waals surface area (Å²) in [7, 11) is 0. The summed E-state index contributed by atoms with van der Waals surface area (Å²) in [5, 5.41) is 9.49. The van der Waals surface area contributed by atoms with E-state index in [1.54, 1.807) is 30.3 Å². The number of para-hydroxylation sites is 1. The molecule has 0 heterocycles. The minimum atomic E-state index is -0.460. The number of hydrogen-bond acceptors (Lipinski definition) is 4. The van der Waals surface area contributed by atoms with Gasteiger partial charge in [0.1, 0.15) is 23.8 Å². The van der Waals surface area contributed by atoms with Crippen molar-refractivity contribution in [2.45, 2.75) is 13.5 Å². The number of nitrogen functional groups attached to an aromatic ring is 1. The molecule has 0 fully saturated rings. The van der Waals surface area contributed by atoms with Crippen LogP contribution < -0.4 is 16.2 Å². The van der Waals surface area contributed by atoms with Gasteiger partial charge >= 0.3 is 0 Å². The lowest BCUT2D eigenvalue weighted by Gasteiger charge is -2.12. The first-order valence-electron chi connectivity index (χ1n) is 6.08. The number of anilines is 1. The fraction of sp³-hybridized carbons (Fsp3) is 0.133. The molecule has 0 bridgehead atoms. The number of nitrogens with two attached hydrogens (primary N) is 2. The smallest absolute Gasteiger partial charge is 0.248 e. The van der Waals surface area contributed by atoms with Gasteiger partial charge in [-0.1, -0.05) is 12.1 Å². The number of primary amides is 1. The van der Waals surface area contributed by atoms with Crippen LogP contribution in [0.15, 0.2) is 36.4 Å². The van der Waals surface area contributed by atoms with E-state index in [9.17, 15) is 9.90 Å². The number of carbonyl (C=O) groups excluding carboxylic acids is 1. The second-order valence-electron chi connectivity index (χ2n) is 4.48. The number of benzene rings is 2. The Morgan fingerprint density at radius 2 is 2.05 bits per heavy atom. The Morgan fingerprint density at radius 1 is 1.30 bits per heavy atom. The van der Waals surface area contributed by atoms with Crippen LogP contribution in [-0.2, 0) is 6.61 Å². The molecule has 2 aromatic carbocycles. The van der Waals surface area contributed by atoms with Crippen LogP contribution in [0, 0.1) is 6.92 Å². The Morgan fingerprint density at radius 3 is 2.70 bits per heavy atom. The maximum atomic E-state index is 11.1. The molecule has 104 valence electrons. The van der Waals surface area contributed by atoms with Crippen molar-refractivity contribution in [3.05, 3.63) is 53.1 Å². The van der Waals surface area contributed by atoms with Crippen LogP contribution in [0.5, 0.6) is 11.5 Å². The molecule has 0 saturated heterocycles. The van der Waals surface area contributed by atoms with E-state index in [1.807, 2.05) is 6.92 Å². The Bertz CT molecular complexity index is 654. The van der Waals surface area contributed by atoms with E-state index in [2.05, 4.69) is 0 Å². The van der Waals surface area contributed by atoms with Crippen molar-refractivity contribution in [1.82, 2.24) is 0 Å². The molecule has 1 amide bonds. The first-order valence-corrected chi connectivity index (χ1v) is 6.08. The Labute approximate surface area is 116 Å². The Kier molecular flexibility index (Phi) is 3.79. The lowest BCUT2D eigenvalue weighted by atomic mass is 10.1. The van der Waals surface area contributed by atoms with Crippen LogP contribution in [0.4, 0.5) is 5.69 Å². The van der Waals surface area contributed by atoms with Crippen molar-refractivity contribution in [1.29, 1.82) is 0 Å². The highest BCUT2D eigenvalue weighted by molar-refractivity contribution is 5.93. The van der Waals surface area contributed by atoms with Crippen molar-refractivity contribution >= 4 is 11.6 Å². The molecule has 0 atom stereocenters.